The Balaban J connectivity index is 1.66. The second-order valence-corrected chi connectivity index (χ2v) is 5.93. The van der Waals surface area contributed by atoms with Crippen molar-refractivity contribution in [2.45, 2.75) is 31.8 Å². The summed E-state index contributed by atoms with van der Waals surface area (Å²) in [4.78, 5) is 14.5. The Kier molecular flexibility index (Phi) is 3.79. The van der Waals surface area contributed by atoms with Gasteiger partial charge in [-0.05, 0) is 32.4 Å². The lowest BCUT2D eigenvalue weighted by Crippen LogP contribution is -2.48. The van der Waals surface area contributed by atoms with E-state index in [4.69, 9.17) is 4.74 Å². The third kappa shape index (κ3) is 2.93. The number of carbonyl (C=O) groups excluding carboxylic acids is 1. The summed E-state index contributed by atoms with van der Waals surface area (Å²) in [7, 11) is 0. The van der Waals surface area contributed by atoms with Crippen molar-refractivity contribution in [3.05, 3.63) is 36.2 Å². The maximum absolute atomic E-state index is 12.7. The summed E-state index contributed by atoms with van der Waals surface area (Å²) in [5, 5.41) is 14.0. The zero-order valence-electron chi connectivity index (χ0n) is 12.7. The van der Waals surface area contributed by atoms with Crippen LogP contribution >= 0.6 is 0 Å². The quantitative estimate of drug-likeness (QED) is 0.922. The first-order chi connectivity index (χ1) is 10.6. The van der Waals surface area contributed by atoms with Crippen LogP contribution in [0, 0.1) is 0 Å². The van der Waals surface area contributed by atoms with Gasteiger partial charge in [0.1, 0.15) is 5.75 Å². The maximum atomic E-state index is 12.7. The fourth-order valence-electron chi connectivity index (χ4n) is 2.71. The predicted octanol–water partition coefficient (Wildman–Crippen LogP) is 1.37. The number of likely N-dealkylation sites (tertiary alicyclic amines) is 1. The highest BCUT2D eigenvalue weighted by atomic mass is 16.5. The van der Waals surface area contributed by atoms with Crippen molar-refractivity contribution in [3.63, 3.8) is 0 Å². The van der Waals surface area contributed by atoms with Crippen LogP contribution in [-0.4, -0.2) is 50.1 Å². The van der Waals surface area contributed by atoms with Crippen molar-refractivity contribution in [3.8, 4) is 5.75 Å². The third-order valence-electron chi connectivity index (χ3n) is 3.83. The molecule has 1 amide bonds. The molecule has 1 N–H and O–H groups in total. The minimum Gasteiger partial charge on any atom is -0.478 e. The number of nitrogens with zero attached hydrogens (tertiary/aromatic N) is 4. The molecule has 1 aliphatic heterocycles. The van der Waals surface area contributed by atoms with Crippen LogP contribution in [0.15, 0.2) is 30.3 Å². The zero-order chi connectivity index (χ0) is 15.6. The molecule has 1 aromatic heterocycles. The van der Waals surface area contributed by atoms with Gasteiger partial charge in [0.05, 0.1) is 0 Å². The molecule has 2 aromatic rings. The lowest BCUT2D eigenvalue weighted by atomic mass is 10.1. The van der Waals surface area contributed by atoms with Gasteiger partial charge in [0.25, 0.3) is 5.91 Å². The van der Waals surface area contributed by atoms with Crippen LogP contribution in [0.5, 0.6) is 5.75 Å². The van der Waals surface area contributed by atoms with Crippen molar-refractivity contribution < 1.29 is 9.53 Å². The average Bonchev–Trinajstić information content (AvgIpc) is 3.18. The first-order valence-electron chi connectivity index (χ1n) is 7.33. The van der Waals surface area contributed by atoms with E-state index < -0.39 is 5.60 Å². The Morgan fingerprint density at radius 1 is 1.36 bits per heavy atom. The van der Waals surface area contributed by atoms with Gasteiger partial charge in [-0.1, -0.05) is 23.4 Å². The second-order valence-electron chi connectivity index (χ2n) is 5.93. The van der Waals surface area contributed by atoms with Crippen molar-refractivity contribution in [2.24, 2.45) is 0 Å². The molecule has 2 heterocycles. The van der Waals surface area contributed by atoms with Crippen LogP contribution in [0.1, 0.15) is 32.0 Å². The molecule has 0 bridgehead atoms. The number of carbonyl (C=O) groups is 1. The van der Waals surface area contributed by atoms with Crippen molar-refractivity contribution in [2.75, 3.05) is 13.1 Å². The number of aromatic amines is 1. The van der Waals surface area contributed by atoms with Gasteiger partial charge < -0.3 is 9.64 Å². The fraction of sp³-hybridized carbons (Fsp3) is 0.467. The molecular weight excluding hydrogens is 282 g/mol. The molecule has 0 aliphatic carbocycles. The number of amides is 1. The number of hydrogen-bond acceptors (Lipinski definition) is 5. The maximum Gasteiger partial charge on any atom is 0.266 e. The molecule has 1 unspecified atom stereocenters. The number of nitrogens with one attached hydrogen (secondary N) is 1. The van der Waals surface area contributed by atoms with Gasteiger partial charge >= 0.3 is 0 Å². The Labute approximate surface area is 128 Å². The minimum absolute atomic E-state index is 0.0256. The number of ether oxygens (including phenoxy) is 1. The van der Waals surface area contributed by atoms with Gasteiger partial charge in [-0.25, -0.2) is 0 Å². The zero-order valence-corrected chi connectivity index (χ0v) is 12.7. The fourth-order valence-corrected chi connectivity index (χ4v) is 2.71. The van der Waals surface area contributed by atoms with E-state index in [9.17, 15) is 4.79 Å². The van der Waals surface area contributed by atoms with Gasteiger partial charge in [0, 0.05) is 19.0 Å². The summed E-state index contributed by atoms with van der Waals surface area (Å²) in [6.07, 6.45) is 0.840. The van der Waals surface area contributed by atoms with Crippen LogP contribution in [0.25, 0.3) is 0 Å². The summed E-state index contributed by atoms with van der Waals surface area (Å²) < 4.78 is 5.86. The summed E-state index contributed by atoms with van der Waals surface area (Å²) in [6, 6.07) is 9.38. The number of tetrazole rings is 1. The normalized spacial score (nSPS) is 18.5. The van der Waals surface area contributed by atoms with E-state index in [1.165, 1.54) is 0 Å². The largest absolute Gasteiger partial charge is 0.478 e. The van der Waals surface area contributed by atoms with Crippen molar-refractivity contribution in [1.29, 1.82) is 0 Å². The van der Waals surface area contributed by atoms with E-state index in [0.29, 0.717) is 24.7 Å². The molecule has 1 saturated heterocycles. The van der Waals surface area contributed by atoms with Crippen molar-refractivity contribution >= 4 is 5.91 Å². The topological polar surface area (TPSA) is 84.0 Å². The Hall–Kier alpha value is -2.44. The predicted molar refractivity (Wildman–Crippen MR) is 79.3 cm³/mol. The Morgan fingerprint density at radius 3 is 2.82 bits per heavy atom. The number of hydrogen-bond donors (Lipinski definition) is 1. The van der Waals surface area contributed by atoms with E-state index in [1.54, 1.807) is 13.8 Å². The summed E-state index contributed by atoms with van der Waals surface area (Å²) in [6.45, 7) is 4.87. The summed E-state index contributed by atoms with van der Waals surface area (Å²) in [5.74, 6) is 1.46. The van der Waals surface area contributed by atoms with E-state index in [2.05, 4.69) is 20.6 Å². The molecule has 3 rings (SSSR count). The smallest absolute Gasteiger partial charge is 0.266 e. The minimum atomic E-state index is -0.909. The van der Waals surface area contributed by atoms with E-state index in [0.717, 1.165) is 6.42 Å². The van der Waals surface area contributed by atoms with Crippen LogP contribution in [0.3, 0.4) is 0 Å². The standard InChI is InChI=1S/C15H19N5O2/c1-15(2,22-12-6-4-3-5-7-12)14(21)20-9-8-11(10-20)13-16-18-19-17-13/h3-7,11H,8-10H2,1-2H3,(H,16,17,18,19). The molecule has 0 saturated carbocycles. The second kappa shape index (κ2) is 5.75. The molecule has 22 heavy (non-hydrogen) atoms. The third-order valence-corrected chi connectivity index (χ3v) is 3.83. The number of rotatable bonds is 4. The van der Waals surface area contributed by atoms with Crippen molar-refractivity contribution in [1.82, 2.24) is 25.5 Å². The monoisotopic (exact) mass is 301 g/mol. The van der Waals surface area contributed by atoms with Crippen LogP contribution in [0.2, 0.25) is 0 Å². The SMILES string of the molecule is CC(C)(Oc1ccccc1)C(=O)N1CCC(c2nn[nH]n2)C1. The van der Waals surface area contributed by atoms with Gasteiger partial charge in [0.2, 0.25) is 0 Å². The molecule has 0 spiro atoms. The molecule has 7 nitrogen and oxygen atoms in total. The average molecular weight is 301 g/mol. The van der Waals surface area contributed by atoms with Crippen LogP contribution in [0.4, 0.5) is 0 Å². The first-order valence-corrected chi connectivity index (χ1v) is 7.33. The van der Waals surface area contributed by atoms with Gasteiger partial charge in [-0.2, -0.15) is 5.21 Å². The van der Waals surface area contributed by atoms with Gasteiger partial charge in [0.15, 0.2) is 11.4 Å². The van der Waals surface area contributed by atoms with E-state index >= 15 is 0 Å². The molecule has 1 aromatic carbocycles. The Bertz CT molecular complexity index is 627. The van der Waals surface area contributed by atoms with Crippen LogP contribution < -0.4 is 4.74 Å². The number of H-pyrrole nitrogens is 1. The molecule has 1 atom stereocenters. The van der Waals surface area contributed by atoms with Crippen LogP contribution in [-0.2, 0) is 4.79 Å². The summed E-state index contributed by atoms with van der Waals surface area (Å²) >= 11 is 0. The number of benzene rings is 1. The lowest BCUT2D eigenvalue weighted by Gasteiger charge is -2.30. The van der Waals surface area contributed by atoms with Gasteiger partial charge in [-0.15, -0.1) is 10.2 Å². The molecule has 1 aliphatic rings. The molecule has 1 fully saturated rings. The Morgan fingerprint density at radius 2 is 2.14 bits per heavy atom. The number of aromatic nitrogens is 4. The van der Waals surface area contributed by atoms with E-state index in [-0.39, 0.29) is 11.8 Å². The molecule has 7 heteroatoms. The summed E-state index contributed by atoms with van der Waals surface area (Å²) in [5.41, 5.74) is -0.909. The van der Waals surface area contributed by atoms with E-state index in [1.807, 2.05) is 35.2 Å². The molecule has 116 valence electrons. The first kappa shape index (κ1) is 14.5. The van der Waals surface area contributed by atoms with Gasteiger partial charge in [-0.3, -0.25) is 4.79 Å². The lowest BCUT2D eigenvalue weighted by molar-refractivity contribution is -0.144. The molecule has 0 radical (unpaired) electrons. The highest BCUT2D eigenvalue weighted by Crippen LogP contribution is 2.27. The highest BCUT2D eigenvalue weighted by Gasteiger charge is 2.38. The molecular formula is C15H19N5O2. The number of para-hydroxylation sites is 1. The highest BCUT2D eigenvalue weighted by molar-refractivity contribution is 5.85.